The molecule has 1 aromatic heterocycles. The Morgan fingerprint density at radius 3 is 2.76 bits per heavy atom. The minimum Gasteiger partial charge on any atom is -0.338 e. The van der Waals surface area contributed by atoms with Crippen LogP contribution in [-0.2, 0) is 10.3 Å². The highest BCUT2D eigenvalue weighted by Crippen LogP contribution is 2.27. The average Bonchev–Trinajstić information content (AvgIpc) is 3.08. The fraction of sp³-hybridized carbons (Fsp3) is 0.417. The smallest absolute Gasteiger partial charge is 0.256 e. The molecule has 2 aliphatic rings. The van der Waals surface area contributed by atoms with E-state index in [2.05, 4.69) is 20.6 Å². The van der Waals surface area contributed by atoms with Gasteiger partial charge in [-0.3, -0.25) is 15.1 Å². The molecule has 3 rings (SSSR count). The van der Waals surface area contributed by atoms with E-state index >= 15 is 0 Å². The van der Waals surface area contributed by atoms with Crippen molar-refractivity contribution in [2.45, 2.75) is 31.3 Å². The van der Waals surface area contributed by atoms with Gasteiger partial charge in [-0.05, 0) is 37.5 Å². The Morgan fingerprint density at radius 1 is 1.41 bits per heavy atom. The summed E-state index contributed by atoms with van der Waals surface area (Å²) >= 11 is 0. The Hall–Kier alpha value is -1.91. The zero-order chi connectivity index (χ0) is 11.9. The van der Waals surface area contributed by atoms with Gasteiger partial charge in [-0.1, -0.05) is 0 Å². The number of hydrogen-bond donors (Lipinski definition) is 2. The maximum atomic E-state index is 12.0. The van der Waals surface area contributed by atoms with Crippen molar-refractivity contribution in [2.75, 3.05) is 0 Å². The molecule has 2 N–H and O–H groups in total. The first-order chi connectivity index (χ1) is 8.18. The number of amides is 1. The summed E-state index contributed by atoms with van der Waals surface area (Å²) in [6.07, 6.45) is 5.61. The van der Waals surface area contributed by atoms with Crippen molar-refractivity contribution < 1.29 is 4.79 Å². The fourth-order valence-electron chi connectivity index (χ4n) is 1.90. The summed E-state index contributed by atoms with van der Waals surface area (Å²) in [4.78, 5) is 20.4. The molecular formula is C12H14N4O. The maximum Gasteiger partial charge on any atom is 0.256 e. The second kappa shape index (κ2) is 3.55. The lowest BCUT2D eigenvalue weighted by atomic mass is 9.93. The van der Waals surface area contributed by atoms with Crippen LogP contribution in [0.5, 0.6) is 0 Å². The minimum atomic E-state index is -0.739. The number of nitrogens with zero attached hydrogens (tertiary/aromatic N) is 2. The molecule has 0 spiro atoms. The molecule has 1 saturated carbocycles. The Bertz CT molecular complexity index is 481. The van der Waals surface area contributed by atoms with Gasteiger partial charge in [0.1, 0.15) is 5.54 Å². The van der Waals surface area contributed by atoms with Gasteiger partial charge in [0.05, 0.1) is 6.04 Å². The summed E-state index contributed by atoms with van der Waals surface area (Å²) in [5.74, 6) is 0.528. The van der Waals surface area contributed by atoms with Crippen molar-refractivity contribution in [3.63, 3.8) is 0 Å². The van der Waals surface area contributed by atoms with Gasteiger partial charge in [0, 0.05) is 12.4 Å². The quantitative estimate of drug-likeness (QED) is 0.779. The fourth-order valence-corrected chi connectivity index (χ4v) is 1.90. The zero-order valence-electron chi connectivity index (χ0n) is 9.60. The van der Waals surface area contributed by atoms with E-state index in [4.69, 9.17) is 0 Å². The molecular weight excluding hydrogens is 216 g/mol. The lowest BCUT2D eigenvalue weighted by Gasteiger charge is -2.21. The highest BCUT2D eigenvalue weighted by molar-refractivity contribution is 6.09. The second-order valence-electron chi connectivity index (χ2n) is 4.65. The van der Waals surface area contributed by atoms with E-state index in [1.54, 1.807) is 12.4 Å². The number of nitrogens with one attached hydrogen (secondary N) is 2. The third kappa shape index (κ3) is 1.77. The van der Waals surface area contributed by atoms with Crippen LogP contribution in [0.4, 0.5) is 0 Å². The van der Waals surface area contributed by atoms with E-state index in [-0.39, 0.29) is 5.91 Å². The molecule has 0 bridgehead atoms. The number of pyridine rings is 1. The van der Waals surface area contributed by atoms with Crippen molar-refractivity contribution >= 4 is 11.9 Å². The summed E-state index contributed by atoms with van der Waals surface area (Å²) in [6, 6.07) is 4.07. The van der Waals surface area contributed by atoms with Gasteiger partial charge in [-0.25, -0.2) is 4.99 Å². The lowest BCUT2D eigenvalue weighted by molar-refractivity contribution is -0.123. The Labute approximate surface area is 99.4 Å². The van der Waals surface area contributed by atoms with Gasteiger partial charge in [-0.15, -0.1) is 0 Å². The van der Waals surface area contributed by atoms with Gasteiger partial charge in [0.25, 0.3) is 5.91 Å². The van der Waals surface area contributed by atoms with Crippen LogP contribution in [-0.4, -0.2) is 22.9 Å². The van der Waals surface area contributed by atoms with E-state index in [0.29, 0.717) is 12.0 Å². The SMILES string of the molecule is CC1(c2ccncc2)NC(=NC2CC2)NC1=O. The third-order valence-electron chi connectivity index (χ3n) is 3.17. The van der Waals surface area contributed by atoms with Crippen LogP contribution in [0.3, 0.4) is 0 Å². The third-order valence-corrected chi connectivity index (χ3v) is 3.17. The molecule has 88 valence electrons. The molecule has 5 nitrogen and oxygen atoms in total. The second-order valence-corrected chi connectivity index (χ2v) is 4.65. The van der Waals surface area contributed by atoms with Crippen LogP contribution in [0, 0.1) is 0 Å². The van der Waals surface area contributed by atoms with Gasteiger partial charge in [-0.2, -0.15) is 0 Å². The van der Waals surface area contributed by atoms with Crippen molar-refractivity contribution in [2.24, 2.45) is 4.99 Å². The number of aliphatic imine (C=N–C) groups is 1. The number of hydrogen-bond acceptors (Lipinski definition) is 3. The van der Waals surface area contributed by atoms with E-state index in [1.165, 1.54) is 0 Å². The van der Waals surface area contributed by atoms with E-state index < -0.39 is 5.54 Å². The Balaban J connectivity index is 1.90. The molecule has 1 amide bonds. The summed E-state index contributed by atoms with van der Waals surface area (Å²) in [7, 11) is 0. The largest absolute Gasteiger partial charge is 0.338 e. The van der Waals surface area contributed by atoms with E-state index in [9.17, 15) is 4.79 Å². The highest BCUT2D eigenvalue weighted by atomic mass is 16.2. The number of carbonyl (C=O) groups is 1. The van der Waals surface area contributed by atoms with Crippen molar-refractivity contribution in [1.29, 1.82) is 0 Å². The lowest BCUT2D eigenvalue weighted by Crippen LogP contribution is -2.40. The molecule has 1 aliphatic carbocycles. The van der Waals surface area contributed by atoms with Crippen LogP contribution in [0.1, 0.15) is 25.3 Å². The van der Waals surface area contributed by atoms with E-state index in [1.807, 2.05) is 19.1 Å². The number of carbonyl (C=O) groups excluding carboxylic acids is 1. The Morgan fingerprint density at radius 2 is 2.12 bits per heavy atom. The van der Waals surface area contributed by atoms with Crippen LogP contribution in [0.2, 0.25) is 0 Å². The van der Waals surface area contributed by atoms with Gasteiger partial charge in [0.15, 0.2) is 5.96 Å². The Kier molecular flexibility index (Phi) is 2.14. The minimum absolute atomic E-state index is 0.0666. The van der Waals surface area contributed by atoms with Gasteiger partial charge in [0.2, 0.25) is 0 Å². The highest BCUT2D eigenvalue weighted by Gasteiger charge is 2.42. The monoisotopic (exact) mass is 230 g/mol. The molecule has 1 saturated heterocycles. The van der Waals surface area contributed by atoms with Crippen LogP contribution in [0.15, 0.2) is 29.5 Å². The molecule has 0 radical (unpaired) electrons. The molecule has 2 heterocycles. The molecule has 1 unspecified atom stereocenters. The first-order valence-corrected chi connectivity index (χ1v) is 5.76. The molecule has 1 aromatic rings. The van der Waals surface area contributed by atoms with E-state index in [0.717, 1.165) is 18.4 Å². The maximum absolute atomic E-state index is 12.0. The van der Waals surface area contributed by atoms with Crippen molar-refractivity contribution in [3.8, 4) is 0 Å². The number of aromatic nitrogens is 1. The van der Waals surface area contributed by atoms with Crippen molar-refractivity contribution in [1.82, 2.24) is 15.6 Å². The molecule has 5 heteroatoms. The first-order valence-electron chi connectivity index (χ1n) is 5.76. The normalized spacial score (nSPS) is 30.2. The summed E-state index contributed by atoms with van der Waals surface area (Å²) in [5.41, 5.74) is 0.155. The van der Waals surface area contributed by atoms with Crippen LogP contribution in [0.25, 0.3) is 0 Å². The predicted molar refractivity (Wildman–Crippen MR) is 63.3 cm³/mol. The number of guanidine groups is 1. The predicted octanol–water partition coefficient (Wildman–Crippen LogP) is 0.535. The van der Waals surface area contributed by atoms with Crippen molar-refractivity contribution in [3.05, 3.63) is 30.1 Å². The molecule has 1 aliphatic heterocycles. The zero-order valence-corrected chi connectivity index (χ0v) is 9.60. The molecule has 1 atom stereocenters. The number of rotatable bonds is 2. The molecule has 0 aromatic carbocycles. The summed E-state index contributed by atoms with van der Waals surface area (Å²) in [6.45, 7) is 1.85. The molecule has 2 fully saturated rings. The van der Waals surface area contributed by atoms with Gasteiger partial charge >= 0.3 is 0 Å². The summed E-state index contributed by atoms with van der Waals surface area (Å²) < 4.78 is 0. The first kappa shape index (κ1) is 10.3. The molecule has 17 heavy (non-hydrogen) atoms. The van der Waals surface area contributed by atoms with Crippen LogP contribution < -0.4 is 10.6 Å². The van der Waals surface area contributed by atoms with Gasteiger partial charge < -0.3 is 5.32 Å². The standard InChI is InChI=1S/C12H14N4O/c1-12(8-4-6-13-7-5-8)10(17)15-11(16-12)14-9-2-3-9/h4-7,9H,2-3H2,1H3,(H2,14,15,16,17). The summed E-state index contributed by atoms with van der Waals surface area (Å²) in [5, 5.41) is 5.96. The topological polar surface area (TPSA) is 66.4 Å². The average molecular weight is 230 g/mol. The van der Waals surface area contributed by atoms with Crippen LogP contribution >= 0.6 is 0 Å².